The summed E-state index contributed by atoms with van der Waals surface area (Å²) in [5.41, 5.74) is -0.752. The highest BCUT2D eigenvalue weighted by Crippen LogP contribution is 2.71. The fourth-order valence-corrected chi connectivity index (χ4v) is 9.46. The normalized spacial score (nSPS) is 37.2. The minimum absolute atomic E-state index is 0.0537. The van der Waals surface area contributed by atoms with Crippen molar-refractivity contribution in [3.63, 3.8) is 0 Å². The molecule has 3 fully saturated rings. The van der Waals surface area contributed by atoms with Gasteiger partial charge in [-0.2, -0.15) is 5.26 Å². The van der Waals surface area contributed by atoms with Gasteiger partial charge >= 0.3 is 5.97 Å². The Morgan fingerprint density at radius 3 is 2.43 bits per heavy atom. The van der Waals surface area contributed by atoms with E-state index < -0.39 is 10.8 Å². The van der Waals surface area contributed by atoms with Gasteiger partial charge in [0.25, 0.3) is 0 Å². The predicted octanol–water partition coefficient (Wildman–Crippen LogP) is 6.76. The number of ketones is 2. The summed E-state index contributed by atoms with van der Waals surface area (Å²) in [6.45, 7) is 13.1. The van der Waals surface area contributed by atoms with E-state index in [9.17, 15) is 19.6 Å². The van der Waals surface area contributed by atoms with Crippen LogP contribution in [0.25, 0.3) is 0 Å². The van der Waals surface area contributed by atoms with Gasteiger partial charge in [-0.25, -0.2) is 0 Å². The van der Waals surface area contributed by atoms with Gasteiger partial charge in [-0.15, -0.1) is 0 Å². The lowest BCUT2D eigenvalue weighted by molar-refractivity contribution is -0.189. The number of nitrogens with zero attached hydrogens (tertiary/aromatic N) is 1. The smallest absolute Gasteiger partial charge is 0.312 e. The molecule has 42 heavy (non-hydrogen) atoms. The third kappa shape index (κ3) is 5.01. The van der Waals surface area contributed by atoms with Crippen molar-refractivity contribution < 1.29 is 28.6 Å². The third-order valence-electron chi connectivity index (χ3n) is 12.3. The van der Waals surface area contributed by atoms with Crippen LogP contribution < -0.4 is 0 Å². The quantitative estimate of drug-likeness (QED) is 0.0974. The Morgan fingerprint density at radius 2 is 1.81 bits per heavy atom. The van der Waals surface area contributed by atoms with Crippen molar-refractivity contribution >= 4 is 17.5 Å². The molecule has 4 aliphatic rings. The monoisotopic (exact) mass is 581 g/mol. The van der Waals surface area contributed by atoms with E-state index in [1.807, 2.05) is 19.9 Å². The second-order valence-electron chi connectivity index (χ2n) is 15.0. The molecule has 0 saturated heterocycles. The number of ether oxygens (including phenoxy) is 3. The summed E-state index contributed by atoms with van der Waals surface area (Å²) < 4.78 is 16.3. The first kappa shape index (κ1) is 32.6. The fraction of sp³-hybridized carbons (Fsp3) is 0.771. The summed E-state index contributed by atoms with van der Waals surface area (Å²) in [4.78, 5) is 41.6. The number of hydrogen-bond acceptors (Lipinski definition) is 7. The topological polar surface area (TPSA) is 103 Å². The number of rotatable bonds is 9. The van der Waals surface area contributed by atoms with Crippen LogP contribution in [0.3, 0.4) is 0 Å². The minimum atomic E-state index is -0.932. The van der Waals surface area contributed by atoms with Crippen molar-refractivity contribution in [1.82, 2.24) is 0 Å². The van der Waals surface area contributed by atoms with Crippen molar-refractivity contribution in [3.05, 3.63) is 23.3 Å². The number of methoxy groups -OCH3 is 2. The van der Waals surface area contributed by atoms with Crippen LogP contribution in [-0.4, -0.2) is 45.2 Å². The van der Waals surface area contributed by atoms with Crippen molar-refractivity contribution in [3.8, 4) is 6.07 Å². The molecule has 4 aliphatic carbocycles. The minimum Gasteiger partial charge on any atom is -0.469 e. The first-order valence-corrected chi connectivity index (χ1v) is 15.7. The van der Waals surface area contributed by atoms with E-state index in [0.29, 0.717) is 12.8 Å². The molecule has 0 aromatic carbocycles. The van der Waals surface area contributed by atoms with Crippen LogP contribution in [0.4, 0.5) is 0 Å². The fourth-order valence-electron chi connectivity index (χ4n) is 9.46. The standard InChI is InChI=1S/C35H51NO6/c1-9-10-23(20-36)29(38)32(4,21-42-22-40-7)24-11-12-33(5)25(17-24)18-27(37)28-26-19-31(2,3)13-15-35(26,30(39)41-8)16-14-34(28,33)6/h10,18,24,26,28H,9,11-17,19,21-22H2,1-8H3/b23-10-/t24-,26?,28?,32+,33-,34-,35+/m1/s1. The van der Waals surface area contributed by atoms with Gasteiger partial charge in [0, 0.05) is 13.0 Å². The Hall–Kier alpha value is -2.30. The zero-order valence-corrected chi connectivity index (χ0v) is 27.1. The number of Topliss-reactive ketones (excluding diaryl/α,β-unsaturated/α-hetero) is 1. The van der Waals surface area contributed by atoms with E-state index in [0.717, 1.165) is 50.5 Å². The maximum absolute atomic E-state index is 14.3. The predicted molar refractivity (Wildman–Crippen MR) is 160 cm³/mol. The molecule has 0 aromatic heterocycles. The molecular formula is C35H51NO6. The van der Waals surface area contributed by atoms with E-state index in [1.54, 1.807) is 13.2 Å². The number of carbonyl (C=O) groups excluding carboxylic acids is 3. The van der Waals surface area contributed by atoms with Crippen molar-refractivity contribution in [2.45, 2.75) is 99.3 Å². The summed E-state index contributed by atoms with van der Waals surface area (Å²) in [7, 11) is 3.03. The molecule has 0 bridgehead atoms. The Morgan fingerprint density at radius 1 is 1.12 bits per heavy atom. The number of esters is 1. The molecule has 2 unspecified atom stereocenters. The SMILES string of the molecule is CC/C=C(/C#N)C(=O)[C@@](C)(COCOC)[C@@H]1CC[C@]2(C)C(=CC(=O)C3C4CC(C)(C)CC[C@]4(C(=O)OC)CC[C@]32C)C1. The molecule has 0 heterocycles. The average molecular weight is 582 g/mol. The van der Waals surface area contributed by atoms with Crippen LogP contribution in [0.2, 0.25) is 0 Å². The van der Waals surface area contributed by atoms with Crippen LogP contribution in [0, 0.1) is 56.2 Å². The van der Waals surface area contributed by atoms with Gasteiger partial charge in [-0.1, -0.05) is 46.3 Å². The van der Waals surface area contributed by atoms with E-state index in [-0.39, 0.29) is 70.5 Å². The van der Waals surface area contributed by atoms with E-state index in [2.05, 4.69) is 33.8 Å². The highest BCUT2D eigenvalue weighted by atomic mass is 16.7. The van der Waals surface area contributed by atoms with E-state index >= 15 is 0 Å². The Kier molecular flexibility index (Phi) is 9.05. The van der Waals surface area contributed by atoms with Crippen LogP contribution in [0.15, 0.2) is 23.3 Å². The molecule has 0 N–H and O–H groups in total. The summed E-state index contributed by atoms with van der Waals surface area (Å²) in [6, 6.07) is 2.12. The zero-order valence-electron chi connectivity index (χ0n) is 27.1. The van der Waals surface area contributed by atoms with Crippen LogP contribution in [-0.2, 0) is 28.6 Å². The molecule has 0 amide bonds. The van der Waals surface area contributed by atoms with Crippen LogP contribution in [0.1, 0.15) is 99.3 Å². The number of allylic oxidation sites excluding steroid dienone is 4. The molecule has 7 atom stereocenters. The molecule has 0 aromatic rings. The molecule has 3 saturated carbocycles. The first-order chi connectivity index (χ1) is 19.7. The number of hydrogen-bond donors (Lipinski definition) is 0. The molecule has 7 nitrogen and oxygen atoms in total. The van der Waals surface area contributed by atoms with E-state index in [4.69, 9.17) is 14.2 Å². The maximum Gasteiger partial charge on any atom is 0.312 e. The van der Waals surface area contributed by atoms with Gasteiger partial charge < -0.3 is 14.2 Å². The summed E-state index contributed by atoms with van der Waals surface area (Å²) in [5.74, 6) is -0.624. The Balaban J connectivity index is 1.74. The molecule has 7 heteroatoms. The summed E-state index contributed by atoms with van der Waals surface area (Å²) in [5, 5.41) is 9.80. The van der Waals surface area contributed by atoms with Crippen LogP contribution in [0.5, 0.6) is 0 Å². The third-order valence-corrected chi connectivity index (χ3v) is 12.3. The maximum atomic E-state index is 14.3. The lowest BCUT2D eigenvalue weighted by Crippen LogP contribution is -2.63. The Bertz CT molecular complexity index is 1210. The van der Waals surface area contributed by atoms with Gasteiger partial charge in [0.2, 0.25) is 0 Å². The molecule has 0 aliphatic heterocycles. The van der Waals surface area contributed by atoms with Crippen LogP contribution >= 0.6 is 0 Å². The van der Waals surface area contributed by atoms with Gasteiger partial charge in [-0.3, -0.25) is 14.4 Å². The van der Waals surface area contributed by atoms with Crippen molar-refractivity contribution in [2.24, 2.45) is 44.8 Å². The van der Waals surface area contributed by atoms with Gasteiger partial charge in [0.1, 0.15) is 12.9 Å². The second kappa shape index (κ2) is 11.7. The number of carbonyl (C=O) groups is 3. The van der Waals surface area contributed by atoms with Crippen molar-refractivity contribution in [1.29, 1.82) is 5.26 Å². The highest BCUT2D eigenvalue weighted by molar-refractivity contribution is 6.03. The largest absolute Gasteiger partial charge is 0.469 e. The number of nitriles is 1. The molecule has 232 valence electrons. The van der Waals surface area contributed by atoms with E-state index in [1.165, 1.54) is 7.11 Å². The summed E-state index contributed by atoms with van der Waals surface area (Å²) >= 11 is 0. The summed E-state index contributed by atoms with van der Waals surface area (Å²) in [6.07, 6.45) is 10.5. The molecular weight excluding hydrogens is 530 g/mol. The number of fused-ring (bicyclic) bond motifs is 5. The lowest BCUT2D eigenvalue weighted by atomic mass is 9.37. The second-order valence-corrected chi connectivity index (χ2v) is 15.0. The highest BCUT2D eigenvalue weighted by Gasteiger charge is 2.68. The average Bonchev–Trinajstić information content (AvgIpc) is 2.95. The van der Waals surface area contributed by atoms with Gasteiger partial charge in [-0.05, 0) is 98.9 Å². The Labute approximate surface area is 252 Å². The first-order valence-electron chi connectivity index (χ1n) is 15.7. The zero-order chi connectivity index (χ0) is 31.1. The van der Waals surface area contributed by atoms with Crippen molar-refractivity contribution in [2.75, 3.05) is 27.6 Å². The molecule has 0 spiro atoms. The van der Waals surface area contributed by atoms with Gasteiger partial charge in [0.15, 0.2) is 11.6 Å². The molecule has 0 radical (unpaired) electrons. The van der Waals surface area contributed by atoms with Gasteiger partial charge in [0.05, 0.1) is 30.1 Å². The lowest BCUT2D eigenvalue weighted by Gasteiger charge is -2.66. The molecule has 4 rings (SSSR count).